The van der Waals surface area contributed by atoms with Crippen LogP contribution in [0.4, 0.5) is 0 Å². The zero-order chi connectivity index (χ0) is 13.4. The summed E-state index contributed by atoms with van der Waals surface area (Å²) < 4.78 is 1.05. The van der Waals surface area contributed by atoms with E-state index >= 15 is 0 Å². The molecule has 0 bridgehead atoms. The molecule has 0 unspecified atom stereocenters. The summed E-state index contributed by atoms with van der Waals surface area (Å²) in [5.74, 6) is 0.0538. The van der Waals surface area contributed by atoms with Crippen LogP contribution in [-0.4, -0.2) is 10.8 Å². The van der Waals surface area contributed by atoms with E-state index in [0.29, 0.717) is 5.56 Å². The fourth-order valence-electron chi connectivity index (χ4n) is 2.24. The van der Waals surface area contributed by atoms with E-state index < -0.39 is 0 Å². The lowest BCUT2D eigenvalue weighted by Crippen LogP contribution is -2.05. The first-order valence-electron chi connectivity index (χ1n) is 6.12. The van der Waals surface area contributed by atoms with Crippen LogP contribution in [0.25, 0.3) is 10.1 Å². The summed E-state index contributed by atoms with van der Waals surface area (Å²) in [6.07, 6.45) is 0. The van der Waals surface area contributed by atoms with Crippen molar-refractivity contribution in [2.75, 3.05) is 0 Å². The molecule has 0 radical (unpaired) electrons. The third-order valence-corrected chi connectivity index (χ3v) is 4.16. The average Bonchev–Trinajstić information content (AvgIpc) is 2.86. The number of rotatable bonds is 2. The Morgan fingerprint density at radius 3 is 2.68 bits per heavy atom. The van der Waals surface area contributed by atoms with Crippen LogP contribution < -0.4 is 0 Å². The number of fused-ring (bicyclic) bond motifs is 1. The van der Waals surface area contributed by atoms with E-state index in [2.05, 4.69) is 4.98 Å². The Morgan fingerprint density at radius 1 is 1.05 bits per heavy atom. The monoisotopic (exact) mass is 267 g/mol. The molecule has 0 N–H and O–H groups in total. The Balaban J connectivity index is 2.16. The molecule has 0 saturated carbocycles. The van der Waals surface area contributed by atoms with Crippen molar-refractivity contribution in [2.24, 2.45) is 0 Å². The molecule has 3 aromatic rings. The Morgan fingerprint density at radius 2 is 1.89 bits per heavy atom. The highest BCUT2D eigenvalue weighted by molar-refractivity contribution is 7.17. The fourth-order valence-corrected chi connectivity index (χ4v) is 3.15. The molecule has 3 heteroatoms. The highest BCUT2D eigenvalue weighted by Crippen LogP contribution is 2.27. The number of carbonyl (C=O) groups excluding carboxylic acids is 1. The number of nitrogens with zero attached hydrogens (tertiary/aromatic N) is 1. The van der Waals surface area contributed by atoms with Gasteiger partial charge in [-0.15, -0.1) is 11.3 Å². The summed E-state index contributed by atoms with van der Waals surface area (Å²) in [5, 5.41) is 3.13. The molecular weight excluding hydrogens is 254 g/mol. The number of pyridine rings is 1. The third-order valence-electron chi connectivity index (χ3n) is 3.19. The molecular formula is C16H13NOS. The maximum absolute atomic E-state index is 12.7. The fraction of sp³-hybridized carbons (Fsp3) is 0.125. The number of aryl methyl sites for hydroxylation is 2. The molecule has 2 nitrogen and oxygen atoms in total. The maximum atomic E-state index is 12.7. The lowest BCUT2D eigenvalue weighted by Gasteiger charge is -2.06. The molecule has 94 valence electrons. The van der Waals surface area contributed by atoms with E-state index in [0.717, 1.165) is 27.0 Å². The van der Waals surface area contributed by atoms with Gasteiger partial charge >= 0.3 is 0 Å². The number of hydrogen-bond donors (Lipinski definition) is 0. The van der Waals surface area contributed by atoms with E-state index in [1.54, 1.807) is 11.3 Å². The molecule has 19 heavy (non-hydrogen) atoms. The van der Waals surface area contributed by atoms with Crippen LogP contribution >= 0.6 is 11.3 Å². The lowest BCUT2D eigenvalue weighted by atomic mass is 10.0. The Labute approximate surface area is 115 Å². The number of carbonyl (C=O) groups is 1. The van der Waals surface area contributed by atoms with Crippen LogP contribution in [0, 0.1) is 13.8 Å². The van der Waals surface area contributed by atoms with Crippen molar-refractivity contribution in [1.82, 2.24) is 4.98 Å². The number of thiophene rings is 1. The van der Waals surface area contributed by atoms with Gasteiger partial charge in [0.1, 0.15) is 0 Å². The summed E-state index contributed by atoms with van der Waals surface area (Å²) in [6, 6.07) is 11.6. The van der Waals surface area contributed by atoms with Crippen LogP contribution in [0.1, 0.15) is 27.3 Å². The minimum absolute atomic E-state index is 0.0538. The number of ketones is 1. The lowest BCUT2D eigenvalue weighted by molar-refractivity contribution is 0.103. The van der Waals surface area contributed by atoms with Gasteiger partial charge in [0.2, 0.25) is 0 Å². The van der Waals surface area contributed by atoms with Gasteiger partial charge < -0.3 is 0 Å². The van der Waals surface area contributed by atoms with Crippen molar-refractivity contribution in [3.05, 3.63) is 64.3 Å². The second kappa shape index (κ2) is 4.59. The molecule has 2 aromatic heterocycles. The Hall–Kier alpha value is -2.00. The van der Waals surface area contributed by atoms with Crippen LogP contribution in [0.2, 0.25) is 0 Å². The summed E-state index contributed by atoms with van der Waals surface area (Å²) in [6.45, 7) is 3.82. The standard InChI is InChI=1S/C16H13NOS/c1-10-6-7-13(11(2)17-10)15(18)14-5-3-4-12-8-9-19-16(12)14/h3-9H,1-2H3. The second-order valence-corrected chi connectivity index (χ2v) is 5.48. The van der Waals surface area contributed by atoms with E-state index in [1.165, 1.54) is 0 Å². The van der Waals surface area contributed by atoms with E-state index in [-0.39, 0.29) is 5.78 Å². The molecule has 3 rings (SSSR count). The van der Waals surface area contributed by atoms with Crippen molar-refractivity contribution in [1.29, 1.82) is 0 Å². The van der Waals surface area contributed by atoms with Gasteiger partial charge in [0.25, 0.3) is 0 Å². The molecule has 2 heterocycles. The maximum Gasteiger partial charge on any atom is 0.196 e. The third kappa shape index (κ3) is 2.06. The first-order chi connectivity index (χ1) is 9.16. The quantitative estimate of drug-likeness (QED) is 0.653. The molecule has 0 spiro atoms. The summed E-state index contributed by atoms with van der Waals surface area (Å²) in [4.78, 5) is 17.0. The number of hydrogen-bond acceptors (Lipinski definition) is 3. The summed E-state index contributed by atoms with van der Waals surface area (Å²) in [7, 11) is 0. The molecule has 0 atom stereocenters. The van der Waals surface area contributed by atoms with Crippen molar-refractivity contribution in [3.63, 3.8) is 0 Å². The van der Waals surface area contributed by atoms with E-state index in [4.69, 9.17) is 0 Å². The first-order valence-corrected chi connectivity index (χ1v) is 7.00. The summed E-state index contributed by atoms with van der Waals surface area (Å²) >= 11 is 1.60. The SMILES string of the molecule is Cc1ccc(C(=O)c2cccc3ccsc23)c(C)n1. The van der Waals surface area contributed by atoms with Crippen LogP contribution in [-0.2, 0) is 0 Å². The zero-order valence-electron chi connectivity index (χ0n) is 10.8. The normalized spacial score (nSPS) is 10.8. The minimum atomic E-state index is 0.0538. The topological polar surface area (TPSA) is 30.0 Å². The average molecular weight is 267 g/mol. The Kier molecular flexibility index (Phi) is 2.91. The zero-order valence-corrected chi connectivity index (χ0v) is 11.6. The molecule has 0 fully saturated rings. The van der Waals surface area contributed by atoms with E-state index in [1.807, 2.05) is 55.6 Å². The van der Waals surface area contributed by atoms with Gasteiger partial charge in [0.15, 0.2) is 5.78 Å². The van der Waals surface area contributed by atoms with Crippen molar-refractivity contribution in [2.45, 2.75) is 13.8 Å². The van der Waals surface area contributed by atoms with Crippen LogP contribution in [0.3, 0.4) is 0 Å². The molecule has 0 aliphatic rings. The van der Waals surface area contributed by atoms with Gasteiger partial charge in [-0.3, -0.25) is 9.78 Å². The van der Waals surface area contributed by atoms with Gasteiger partial charge in [-0.2, -0.15) is 0 Å². The number of benzene rings is 1. The highest BCUT2D eigenvalue weighted by atomic mass is 32.1. The minimum Gasteiger partial charge on any atom is -0.288 e. The number of aromatic nitrogens is 1. The molecule has 1 aromatic carbocycles. The van der Waals surface area contributed by atoms with Crippen molar-refractivity contribution >= 4 is 27.2 Å². The largest absolute Gasteiger partial charge is 0.288 e. The van der Waals surface area contributed by atoms with Crippen LogP contribution in [0.15, 0.2) is 41.8 Å². The van der Waals surface area contributed by atoms with Gasteiger partial charge in [0.05, 0.1) is 0 Å². The predicted molar refractivity (Wildman–Crippen MR) is 79.0 cm³/mol. The van der Waals surface area contributed by atoms with Gasteiger partial charge in [-0.25, -0.2) is 0 Å². The highest BCUT2D eigenvalue weighted by Gasteiger charge is 2.15. The second-order valence-electron chi connectivity index (χ2n) is 4.56. The van der Waals surface area contributed by atoms with Crippen molar-refractivity contribution in [3.8, 4) is 0 Å². The van der Waals surface area contributed by atoms with Crippen molar-refractivity contribution < 1.29 is 4.79 Å². The molecule has 0 aliphatic heterocycles. The van der Waals surface area contributed by atoms with Gasteiger partial charge in [0, 0.05) is 27.2 Å². The summed E-state index contributed by atoms with van der Waals surface area (Å²) in [5.41, 5.74) is 3.18. The molecule has 0 amide bonds. The predicted octanol–water partition coefficient (Wildman–Crippen LogP) is 4.14. The Bertz CT molecular complexity index is 773. The van der Waals surface area contributed by atoms with Crippen LogP contribution in [0.5, 0.6) is 0 Å². The molecule has 0 aliphatic carbocycles. The van der Waals surface area contributed by atoms with Gasteiger partial charge in [-0.05, 0) is 48.9 Å². The van der Waals surface area contributed by atoms with Gasteiger partial charge in [-0.1, -0.05) is 12.1 Å². The van der Waals surface area contributed by atoms with E-state index in [9.17, 15) is 4.79 Å². The molecule has 0 saturated heterocycles. The smallest absolute Gasteiger partial charge is 0.196 e. The first kappa shape index (κ1) is 12.1.